The molecule has 0 aliphatic heterocycles. The molecule has 0 bridgehead atoms. The molecule has 0 aliphatic carbocycles. The lowest BCUT2D eigenvalue weighted by Crippen LogP contribution is -1.97. The van der Waals surface area contributed by atoms with Gasteiger partial charge in [0.1, 0.15) is 5.69 Å². The fraction of sp³-hybridized carbons (Fsp3) is 0. The Hall–Kier alpha value is -2.36. The second-order valence-corrected chi connectivity index (χ2v) is 3.44. The van der Waals surface area contributed by atoms with Crippen molar-refractivity contribution in [1.29, 1.82) is 0 Å². The zero-order chi connectivity index (χ0) is 12.1. The van der Waals surface area contributed by atoms with Gasteiger partial charge in [0.05, 0.1) is 5.22 Å². The summed E-state index contributed by atoms with van der Waals surface area (Å²) in [5, 5.41) is 15.3. The van der Waals surface area contributed by atoms with Gasteiger partial charge in [0.25, 0.3) is 0 Å². The third-order valence-corrected chi connectivity index (χ3v) is 2.16. The van der Waals surface area contributed by atoms with Crippen LogP contribution in [0, 0.1) is 12.1 Å². The Morgan fingerprint density at radius 2 is 1.65 bits per heavy atom. The molecule has 2 radical (unpaired) electrons. The molecule has 84 valence electrons. The molecule has 0 saturated carbocycles. The molecule has 0 aliphatic rings. The smallest absolute Gasteiger partial charge is 0.154 e. The Balaban J connectivity index is 2.10. The van der Waals surface area contributed by atoms with Crippen LogP contribution in [-0.2, 0) is 0 Å². The maximum absolute atomic E-state index is 11.6. The molecule has 0 atom stereocenters. The second kappa shape index (κ2) is 5.12. The number of nitrogens with one attached hydrogen (secondary N) is 1. The Kier molecular flexibility index (Phi) is 3.35. The normalized spacial score (nSPS) is 11.2. The van der Waals surface area contributed by atoms with E-state index in [0.29, 0.717) is 16.1 Å². The lowest BCUT2D eigenvalue weighted by Gasteiger charge is -2.05. The number of anilines is 1. The lowest BCUT2D eigenvalue weighted by molar-refractivity contribution is -0.439. The molecule has 17 heavy (non-hydrogen) atoms. The first kappa shape index (κ1) is 11.1. The van der Waals surface area contributed by atoms with Gasteiger partial charge >= 0.3 is 0 Å². The van der Waals surface area contributed by atoms with Crippen molar-refractivity contribution in [3.8, 4) is 0 Å². The van der Waals surface area contributed by atoms with E-state index in [1.165, 1.54) is 0 Å². The standard InChI is InChI=1S/C13H11N3O/c1-11-7-9-13(10-8-11)16(17)15-14-12-5-3-2-4-6-12/h1-10,14H. The van der Waals surface area contributed by atoms with E-state index in [1.54, 1.807) is 24.3 Å². The zero-order valence-electron chi connectivity index (χ0n) is 9.08. The number of hydrogen-bond donors (Lipinski definition) is 1. The largest absolute Gasteiger partial charge is 0.691 e. The molecule has 0 fully saturated rings. The molecule has 0 unspecified atom stereocenters. The Labute approximate surface area is 99.8 Å². The fourth-order valence-corrected chi connectivity index (χ4v) is 1.28. The van der Waals surface area contributed by atoms with Gasteiger partial charge in [-0.3, -0.25) is 0 Å². The molecular weight excluding hydrogens is 214 g/mol. The van der Waals surface area contributed by atoms with E-state index in [4.69, 9.17) is 6.92 Å². The van der Waals surface area contributed by atoms with E-state index in [1.807, 2.05) is 30.3 Å². The van der Waals surface area contributed by atoms with E-state index in [0.717, 1.165) is 5.69 Å². The predicted molar refractivity (Wildman–Crippen MR) is 65.6 cm³/mol. The summed E-state index contributed by atoms with van der Waals surface area (Å²) in [4.78, 5) is 0.506. The third kappa shape index (κ3) is 3.04. The molecule has 0 heterocycles. The molecule has 2 rings (SSSR count). The predicted octanol–water partition coefficient (Wildman–Crippen LogP) is 3.37. The van der Waals surface area contributed by atoms with Crippen LogP contribution in [-0.4, -0.2) is 4.86 Å². The van der Waals surface area contributed by atoms with E-state index < -0.39 is 0 Å². The van der Waals surface area contributed by atoms with Crippen LogP contribution in [0.25, 0.3) is 0 Å². The summed E-state index contributed by atoms with van der Waals surface area (Å²) in [6.07, 6.45) is 0. The minimum Gasteiger partial charge on any atom is -0.691 e. The van der Waals surface area contributed by atoms with Gasteiger partial charge in [-0.05, 0) is 36.8 Å². The highest BCUT2D eigenvalue weighted by Crippen LogP contribution is 2.13. The molecule has 2 aromatic carbocycles. The van der Waals surface area contributed by atoms with Crippen LogP contribution in [0.2, 0.25) is 0 Å². The van der Waals surface area contributed by atoms with E-state index in [9.17, 15) is 5.21 Å². The third-order valence-electron chi connectivity index (χ3n) is 2.16. The first-order chi connectivity index (χ1) is 8.25. The minimum atomic E-state index is 0.419. The van der Waals surface area contributed by atoms with Gasteiger partial charge in [0, 0.05) is 0 Å². The molecular formula is C13H11N3O. The lowest BCUT2D eigenvalue weighted by atomic mass is 10.2. The molecule has 1 N–H and O–H groups in total. The number of benzene rings is 2. The summed E-state index contributed by atoms with van der Waals surface area (Å²) in [6.45, 7) is 5.53. The molecule has 0 aromatic heterocycles. The maximum atomic E-state index is 11.6. The first-order valence-electron chi connectivity index (χ1n) is 5.10. The van der Waals surface area contributed by atoms with Crippen LogP contribution in [0.1, 0.15) is 5.56 Å². The van der Waals surface area contributed by atoms with E-state index in [-0.39, 0.29) is 0 Å². The van der Waals surface area contributed by atoms with Crippen molar-refractivity contribution in [3.05, 3.63) is 72.3 Å². The number of hydrogen-bond acceptors (Lipinski definition) is 2. The quantitative estimate of drug-likeness (QED) is 0.494. The SMILES string of the molecule is [CH]c1ccc([N+]([O-])=NNc2ccccc2)cc1. The average Bonchev–Trinajstić information content (AvgIpc) is 2.38. The summed E-state index contributed by atoms with van der Waals surface area (Å²) in [5.74, 6) is 0. The van der Waals surface area contributed by atoms with Gasteiger partial charge in [-0.2, -0.15) is 0 Å². The molecule has 4 heteroatoms. The van der Waals surface area contributed by atoms with Crippen molar-refractivity contribution in [2.24, 2.45) is 5.22 Å². The molecule has 0 saturated heterocycles. The number of para-hydroxylation sites is 1. The van der Waals surface area contributed by atoms with Crippen LogP contribution in [0.15, 0.2) is 59.8 Å². The monoisotopic (exact) mass is 225 g/mol. The highest BCUT2D eigenvalue weighted by Gasteiger charge is 1.98. The van der Waals surface area contributed by atoms with Gasteiger partial charge < -0.3 is 5.21 Å². The molecule has 0 amide bonds. The van der Waals surface area contributed by atoms with Crippen molar-refractivity contribution < 1.29 is 4.86 Å². The van der Waals surface area contributed by atoms with Crippen LogP contribution < -0.4 is 5.43 Å². The molecule has 4 nitrogen and oxygen atoms in total. The zero-order valence-corrected chi connectivity index (χ0v) is 9.08. The highest BCUT2D eigenvalue weighted by atomic mass is 16.5. The summed E-state index contributed by atoms with van der Waals surface area (Å²) < 4.78 is 0. The topological polar surface area (TPSA) is 50.5 Å². The van der Waals surface area contributed by atoms with Crippen molar-refractivity contribution in [3.63, 3.8) is 0 Å². The van der Waals surface area contributed by atoms with Gasteiger partial charge in [0.15, 0.2) is 5.69 Å². The molecule has 0 spiro atoms. The van der Waals surface area contributed by atoms with Crippen LogP contribution >= 0.6 is 0 Å². The summed E-state index contributed by atoms with van der Waals surface area (Å²) in [6, 6.07) is 15.8. The van der Waals surface area contributed by atoms with E-state index in [2.05, 4.69) is 10.6 Å². The van der Waals surface area contributed by atoms with Crippen molar-refractivity contribution in [2.75, 3.05) is 5.43 Å². The summed E-state index contributed by atoms with van der Waals surface area (Å²) in [5.41, 5.74) is 4.45. The molecule has 2 aromatic rings. The highest BCUT2D eigenvalue weighted by molar-refractivity contribution is 5.41. The number of rotatable bonds is 3. The second-order valence-electron chi connectivity index (χ2n) is 3.44. The fourth-order valence-electron chi connectivity index (χ4n) is 1.28. The first-order valence-corrected chi connectivity index (χ1v) is 5.10. The average molecular weight is 225 g/mol. The Bertz CT molecular complexity index is 506. The van der Waals surface area contributed by atoms with E-state index >= 15 is 0 Å². The van der Waals surface area contributed by atoms with Crippen molar-refractivity contribution in [2.45, 2.75) is 0 Å². The van der Waals surface area contributed by atoms with Crippen molar-refractivity contribution in [1.82, 2.24) is 0 Å². The Morgan fingerprint density at radius 3 is 2.29 bits per heavy atom. The maximum Gasteiger partial charge on any atom is 0.154 e. The van der Waals surface area contributed by atoms with Gasteiger partial charge in [0.2, 0.25) is 0 Å². The van der Waals surface area contributed by atoms with Gasteiger partial charge in [-0.25, -0.2) is 0 Å². The van der Waals surface area contributed by atoms with Gasteiger partial charge in [-0.1, -0.05) is 30.3 Å². The van der Waals surface area contributed by atoms with Crippen LogP contribution in [0.4, 0.5) is 11.4 Å². The summed E-state index contributed by atoms with van der Waals surface area (Å²) in [7, 11) is 0. The van der Waals surface area contributed by atoms with Crippen LogP contribution in [0.5, 0.6) is 0 Å². The minimum absolute atomic E-state index is 0.419. The Morgan fingerprint density at radius 1 is 1.00 bits per heavy atom. The van der Waals surface area contributed by atoms with Crippen LogP contribution in [0.3, 0.4) is 0 Å². The van der Waals surface area contributed by atoms with Gasteiger partial charge in [-0.15, -0.1) is 10.3 Å². The summed E-state index contributed by atoms with van der Waals surface area (Å²) >= 11 is 0. The van der Waals surface area contributed by atoms with Crippen molar-refractivity contribution >= 4 is 11.4 Å². The number of nitrogens with zero attached hydrogens (tertiary/aromatic N) is 2.